The number of pyridine rings is 2. The van der Waals surface area contributed by atoms with Crippen LogP contribution >= 0.6 is 0 Å². The van der Waals surface area contributed by atoms with Crippen molar-refractivity contribution in [2.24, 2.45) is 5.92 Å². The van der Waals surface area contributed by atoms with E-state index in [1.807, 2.05) is 24.3 Å². The fourth-order valence-electron chi connectivity index (χ4n) is 4.10. The lowest BCUT2D eigenvalue weighted by molar-refractivity contribution is -0.134. The van der Waals surface area contributed by atoms with E-state index in [0.29, 0.717) is 38.2 Å². The number of hydrogen-bond donors (Lipinski definition) is 0. The maximum Gasteiger partial charge on any atom is 0.254 e. The number of benzene rings is 1. The molecule has 32 heavy (non-hydrogen) atoms. The van der Waals surface area contributed by atoms with Crippen LogP contribution in [0.2, 0.25) is 0 Å². The van der Waals surface area contributed by atoms with Crippen molar-refractivity contribution < 1.29 is 9.59 Å². The van der Waals surface area contributed by atoms with E-state index in [2.05, 4.69) is 28.7 Å². The van der Waals surface area contributed by atoms with Crippen molar-refractivity contribution in [1.82, 2.24) is 19.8 Å². The van der Waals surface area contributed by atoms with E-state index >= 15 is 0 Å². The summed E-state index contributed by atoms with van der Waals surface area (Å²) >= 11 is 0. The SMILES string of the molecule is C=CCN1CCN(C(=O)c2ccncc2)CC(Cc2cccc(-c3ccncc3)c2)C1=O. The maximum absolute atomic E-state index is 13.3. The molecule has 162 valence electrons. The van der Waals surface area contributed by atoms with Gasteiger partial charge in [-0.1, -0.05) is 30.3 Å². The van der Waals surface area contributed by atoms with Crippen molar-refractivity contribution in [3.8, 4) is 11.1 Å². The summed E-state index contributed by atoms with van der Waals surface area (Å²) in [5.41, 5.74) is 3.81. The molecule has 6 heteroatoms. The predicted molar refractivity (Wildman–Crippen MR) is 124 cm³/mol. The van der Waals surface area contributed by atoms with Crippen LogP contribution in [0.25, 0.3) is 11.1 Å². The first-order valence-electron chi connectivity index (χ1n) is 10.7. The zero-order chi connectivity index (χ0) is 22.3. The number of aromatic nitrogens is 2. The van der Waals surface area contributed by atoms with Crippen molar-refractivity contribution >= 4 is 11.8 Å². The van der Waals surface area contributed by atoms with Crippen molar-refractivity contribution in [1.29, 1.82) is 0 Å². The van der Waals surface area contributed by atoms with E-state index in [-0.39, 0.29) is 17.7 Å². The Labute approximate surface area is 188 Å². The summed E-state index contributed by atoms with van der Waals surface area (Å²) in [5.74, 6) is -0.337. The molecule has 2 amide bonds. The first kappa shape index (κ1) is 21.4. The molecule has 1 aromatic carbocycles. The molecular weight excluding hydrogens is 400 g/mol. The van der Waals surface area contributed by atoms with Crippen molar-refractivity contribution in [3.05, 3.63) is 97.1 Å². The summed E-state index contributed by atoms with van der Waals surface area (Å²) in [5, 5.41) is 0. The molecule has 3 heterocycles. The molecule has 2 aromatic heterocycles. The first-order chi connectivity index (χ1) is 15.7. The summed E-state index contributed by atoms with van der Waals surface area (Å²) in [6.07, 6.45) is 9.06. The van der Waals surface area contributed by atoms with Gasteiger partial charge in [0.25, 0.3) is 5.91 Å². The Morgan fingerprint density at radius 2 is 1.72 bits per heavy atom. The quantitative estimate of drug-likeness (QED) is 0.566. The molecule has 4 rings (SSSR count). The van der Waals surface area contributed by atoms with Gasteiger partial charge in [-0.15, -0.1) is 6.58 Å². The zero-order valence-corrected chi connectivity index (χ0v) is 17.9. The van der Waals surface area contributed by atoms with Crippen LogP contribution < -0.4 is 0 Å². The Balaban J connectivity index is 1.59. The second-order valence-corrected chi connectivity index (χ2v) is 7.90. The van der Waals surface area contributed by atoms with E-state index in [9.17, 15) is 9.59 Å². The van der Waals surface area contributed by atoms with Gasteiger partial charge in [-0.25, -0.2) is 0 Å². The normalized spacial score (nSPS) is 16.5. The minimum absolute atomic E-state index is 0.0595. The summed E-state index contributed by atoms with van der Waals surface area (Å²) < 4.78 is 0. The van der Waals surface area contributed by atoms with Crippen LogP contribution in [0.15, 0.2) is 86.0 Å². The van der Waals surface area contributed by atoms with Gasteiger partial charge in [0.15, 0.2) is 0 Å². The standard InChI is InChI=1S/C26H26N4O2/c1-2-14-29-15-16-30(25(31)22-8-12-28-13-9-22)19-24(26(29)32)18-20-4-3-5-23(17-20)21-6-10-27-11-7-21/h2-13,17,24H,1,14-16,18-19H2. The number of nitrogens with zero attached hydrogens (tertiary/aromatic N) is 4. The van der Waals surface area contributed by atoms with Gasteiger partial charge >= 0.3 is 0 Å². The highest BCUT2D eigenvalue weighted by Crippen LogP contribution is 2.23. The van der Waals surface area contributed by atoms with Crippen LogP contribution in [0.4, 0.5) is 0 Å². The number of amides is 2. The highest BCUT2D eigenvalue weighted by atomic mass is 16.2. The van der Waals surface area contributed by atoms with Crippen molar-refractivity contribution in [2.45, 2.75) is 6.42 Å². The largest absolute Gasteiger partial charge is 0.337 e. The van der Waals surface area contributed by atoms with Gasteiger partial charge in [0.05, 0.1) is 5.92 Å². The molecule has 1 fully saturated rings. The minimum Gasteiger partial charge on any atom is -0.337 e. The number of rotatable bonds is 6. The van der Waals surface area contributed by atoms with Crippen LogP contribution in [0.3, 0.4) is 0 Å². The Morgan fingerprint density at radius 1 is 1.00 bits per heavy atom. The lowest BCUT2D eigenvalue weighted by Gasteiger charge is -2.24. The van der Waals surface area contributed by atoms with Gasteiger partial charge in [0.1, 0.15) is 0 Å². The third kappa shape index (κ3) is 4.91. The van der Waals surface area contributed by atoms with E-state index in [1.165, 1.54) is 0 Å². The molecule has 1 saturated heterocycles. The number of carbonyl (C=O) groups is 2. The summed E-state index contributed by atoms with van der Waals surface area (Å²) in [6.45, 7) is 5.64. The Hall–Kier alpha value is -3.80. The highest BCUT2D eigenvalue weighted by Gasteiger charge is 2.32. The van der Waals surface area contributed by atoms with Crippen molar-refractivity contribution in [2.75, 3.05) is 26.2 Å². The predicted octanol–water partition coefficient (Wildman–Crippen LogP) is 3.47. The van der Waals surface area contributed by atoms with Crippen LogP contribution in [0.5, 0.6) is 0 Å². The molecule has 0 spiro atoms. The molecular formula is C26H26N4O2. The molecule has 0 N–H and O–H groups in total. The van der Waals surface area contributed by atoms with Gasteiger partial charge < -0.3 is 9.80 Å². The van der Waals surface area contributed by atoms with Gasteiger partial charge in [0, 0.05) is 56.5 Å². The Morgan fingerprint density at radius 3 is 2.44 bits per heavy atom. The van der Waals surface area contributed by atoms with E-state index < -0.39 is 0 Å². The second kappa shape index (κ2) is 10.0. The monoisotopic (exact) mass is 426 g/mol. The molecule has 0 bridgehead atoms. The molecule has 1 aliphatic rings. The molecule has 1 unspecified atom stereocenters. The molecule has 0 aliphatic carbocycles. The average Bonchev–Trinajstić information content (AvgIpc) is 2.99. The van der Waals surface area contributed by atoms with Crippen molar-refractivity contribution in [3.63, 3.8) is 0 Å². The Kier molecular flexibility index (Phi) is 6.70. The fraction of sp³-hybridized carbons (Fsp3) is 0.231. The summed E-state index contributed by atoms with van der Waals surface area (Å²) in [6, 6.07) is 15.6. The van der Waals surface area contributed by atoms with Gasteiger partial charge in [-0.2, -0.15) is 0 Å². The number of hydrogen-bond acceptors (Lipinski definition) is 4. The zero-order valence-electron chi connectivity index (χ0n) is 17.9. The summed E-state index contributed by atoms with van der Waals surface area (Å²) in [7, 11) is 0. The van der Waals surface area contributed by atoms with E-state index in [1.54, 1.807) is 52.8 Å². The molecule has 3 aromatic rings. The molecule has 1 atom stereocenters. The van der Waals surface area contributed by atoms with Gasteiger partial charge in [0.2, 0.25) is 5.91 Å². The smallest absolute Gasteiger partial charge is 0.254 e. The number of carbonyl (C=O) groups excluding carboxylic acids is 2. The fourth-order valence-corrected chi connectivity index (χ4v) is 4.10. The minimum atomic E-state index is -0.323. The Bertz CT molecular complexity index is 1090. The lowest BCUT2D eigenvalue weighted by atomic mass is 9.95. The molecule has 0 radical (unpaired) electrons. The average molecular weight is 427 g/mol. The second-order valence-electron chi connectivity index (χ2n) is 7.90. The van der Waals surface area contributed by atoms with E-state index in [0.717, 1.165) is 16.7 Å². The topological polar surface area (TPSA) is 66.4 Å². The third-order valence-corrected chi connectivity index (χ3v) is 5.73. The van der Waals surface area contributed by atoms with Gasteiger partial charge in [-0.05, 0) is 47.4 Å². The highest BCUT2D eigenvalue weighted by molar-refractivity contribution is 5.94. The lowest BCUT2D eigenvalue weighted by Crippen LogP contribution is -2.38. The molecule has 6 nitrogen and oxygen atoms in total. The van der Waals surface area contributed by atoms with Crippen LogP contribution in [-0.2, 0) is 11.2 Å². The maximum atomic E-state index is 13.3. The van der Waals surface area contributed by atoms with Crippen LogP contribution in [0.1, 0.15) is 15.9 Å². The van der Waals surface area contributed by atoms with Gasteiger partial charge in [-0.3, -0.25) is 19.6 Å². The first-order valence-corrected chi connectivity index (χ1v) is 10.7. The van der Waals surface area contributed by atoms with Crippen LogP contribution in [0, 0.1) is 5.92 Å². The van der Waals surface area contributed by atoms with Crippen LogP contribution in [-0.4, -0.2) is 57.8 Å². The third-order valence-electron chi connectivity index (χ3n) is 5.73. The van der Waals surface area contributed by atoms with E-state index in [4.69, 9.17) is 0 Å². The molecule has 1 aliphatic heterocycles. The molecule has 0 saturated carbocycles. The summed E-state index contributed by atoms with van der Waals surface area (Å²) in [4.78, 5) is 38.1.